The first-order chi connectivity index (χ1) is 21.4. The third-order valence-electron chi connectivity index (χ3n) is 8.26. The zero-order chi connectivity index (χ0) is 34.1. The maximum atomic E-state index is 14.8. The monoisotopic (exact) mass is 632 g/mol. The molecule has 1 aromatic heterocycles. The van der Waals surface area contributed by atoms with Gasteiger partial charge in [-0.1, -0.05) is 46.8 Å². The first-order valence-corrected chi connectivity index (χ1v) is 15.7. The lowest BCUT2D eigenvalue weighted by molar-refractivity contribution is -0.156. The average Bonchev–Trinajstić information content (AvgIpc) is 3.20. The van der Waals surface area contributed by atoms with Crippen molar-refractivity contribution in [1.82, 2.24) is 9.88 Å². The highest BCUT2D eigenvalue weighted by Gasteiger charge is 2.31. The van der Waals surface area contributed by atoms with E-state index in [0.717, 1.165) is 34.3 Å². The number of esters is 1. The molecule has 4 aromatic rings. The van der Waals surface area contributed by atoms with Crippen LogP contribution >= 0.6 is 0 Å². The molecule has 246 valence electrons. The van der Waals surface area contributed by atoms with Crippen LogP contribution in [0.4, 0.5) is 8.78 Å². The van der Waals surface area contributed by atoms with E-state index < -0.39 is 23.4 Å². The number of amides is 1. The molecule has 3 aromatic carbocycles. The van der Waals surface area contributed by atoms with Crippen LogP contribution < -0.4 is 10.1 Å². The van der Waals surface area contributed by atoms with Crippen LogP contribution in [0.3, 0.4) is 0 Å². The van der Waals surface area contributed by atoms with Gasteiger partial charge in [0.15, 0.2) is 5.60 Å². The molecular formula is C38H46F2N2O4. The van der Waals surface area contributed by atoms with Crippen LogP contribution in [0.2, 0.25) is 0 Å². The highest BCUT2D eigenvalue weighted by molar-refractivity contribution is 5.99. The van der Waals surface area contributed by atoms with Crippen LogP contribution in [-0.2, 0) is 27.9 Å². The van der Waals surface area contributed by atoms with Crippen molar-refractivity contribution in [3.05, 3.63) is 99.7 Å². The molecule has 1 N–H and O–H groups in total. The topological polar surface area (TPSA) is 69.6 Å². The number of rotatable bonds is 10. The highest BCUT2D eigenvalue weighted by atomic mass is 19.1. The summed E-state index contributed by atoms with van der Waals surface area (Å²) in [5.41, 5.74) is 4.15. The number of halogens is 2. The summed E-state index contributed by atoms with van der Waals surface area (Å²) in [6.45, 7) is 18.1. The van der Waals surface area contributed by atoms with Crippen molar-refractivity contribution < 1.29 is 27.8 Å². The first-order valence-electron chi connectivity index (χ1n) is 15.7. The molecule has 6 nitrogen and oxygen atoms in total. The third kappa shape index (κ3) is 7.77. The van der Waals surface area contributed by atoms with Gasteiger partial charge in [0, 0.05) is 41.2 Å². The smallest absolute Gasteiger partial charge is 0.349 e. The number of fused-ring (bicyclic) bond motifs is 1. The highest BCUT2D eigenvalue weighted by Crippen LogP contribution is 2.32. The van der Waals surface area contributed by atoms with Gasteiger partial charge in [0.2, 0.25) is 0 Å². The zero-order valence-electron chi connectivity index (χ0n) is 28.6. The lowest BCUT2D eigenvalue weighted by Crippen LogP contribution is -2.39. The fraction of sp³-hybridized carbons (Fsp3) is 0.421. The predicted molar refractivity (Wildman–Crippen MR) is 178 cm³/mol. The molecule has 1 amide bonds. The number of benzene rings is 3. The maximum Gasteiger partial charge on any atom is 0.349 e. The van der Waals surface area contributed by atoms with Crippen LogP contribution in [0.5, 0.6) is 5.75 Å². The molecule has 0 saturated carbocycles. The van der Waals surface area contributed by atoms with Crippen LogP contribution in [0.15, 0.2) is 54.6 Å². The van der Waals surface area contributed by atoms with E-state index in [9.17, 15) is 18.4 Å². The molecular weight excluding hydrogens is 586 g/mol. The fourth-order valence-corrected chi connectivity index (χ4v) is 5.74. The van der Waals surface area contributed by atoms with E-state index in [0.29, 0.717) is 29.0 Å². The number of carbonyl (C=O) groups excluding carboxylic acids is 2. The van der Waals surface area contributed by atoms with Gasteiger partial charge in [-0.3, -0.25) is 4.79 Å². The molecule has 0 bridgehead atoms. The summed E-state index contributed by atoms with van der Waals surface area (Å²) < 4.78 is 42.2. The quantitative estimate of drug-likeness (QED) is 0.178. The SMILES string of the molecule is COC(=O)C(C)(C)Oc1cc(F)cc(Cc2c(C)n(CC(C)C)c3cc(C(=O)N[C@@H](C)c4cc(F)cc(C(C)(C)C)c4)ccc23)c1. The second kappa shape index (κ2) is 13.3. The Hall–Kier alpha value is -4.20. The molecule has 0 spiro atoms. The first kappa shape index (κ1) is 34.7. The maximum absolute atomic E-state index is 14.8. The van der Waals surface area contributed by atoms with Gasteiger partial charge in [0.25, 0.3) is 5.91 Å². The van der Waals surface area contributed by atoms with Crippen LogP contribution in [0, 0.1) is 24.5 Å². The van der Waals surface area contributed by atoms with E-state index in [1.807, 2.05) is 52.8 Å². The molecule has 0 fully saturated rings. The summed E-state index contributed by atoms with van der Waals surface area (Å²) in [7, 11) is 1.28. The van der Waals surface area contributed by atoms with Gasteiger partial charge in [0.1, 0.15) is 17.4 Å². The fourth-order valence-electron chi connectivity index (χ4n) is 5.74. The third-order valence-corrected chi connectivity index (χ3v) is 8.26. The number of aromatic nitrogens is 1. The van der Waals surface area contributed by atoms with E-state index in [2.05, 4.69) is 23.7 Å². The average molecular weight is 633 g/mol. The lowest BCUT2D eigenvalue weighted by Gasteiger charge is -2.23. The molecule has 0 aliphatic heterocycles. The summed E-state index contributed by atoms with van der Waals surface area (Å²) in [5.74, 6) is -1.06. The molecule has 0 aliphatic rings. The van der Waals surface area contributed by atoms with Gasteiger partial charge in [0.05, 0.1) is 13.2 Å². The van der Waals surface area contributed by atoms with E-state index in [-0.39, 0.29) is 22.9 Å². The second-order valence-electron chi connectivity index (χ2n) is 14.1. The Labute approximate surface area is 271 Å². The van der Waals surface area contributed by atoms with Gasteiger partial charge in [-0.05, 0) is 97.7 Å². The molecule has 0 aliphatic carbocycles. The van der Waals surface area contributed by atoms with Crippen molar-refractivity contribution >= 4 is 22.8 Å². The molecule has 1 heterocycles. The molecule has 4 rings (SSSR count). The normalized spacial score (nSPS) is 12.8. The van der Waals surface area contributed by atoms with E-state index in [1.54, 1.807) is 26.0 Å². The molecule has 0 radical (unpaired) electrons. The lowest BCUT2D eigenvalue weighted by atomic mass is 9.85. The Morgan fingerprint density at radius 2 is 1.59 bits per heavy atom. The number of ether oxygens (including phenoxy) is 2. The van der Waals surface area contributed by atoms with E-state index >= 15 is 0 Å². The Morgan fingerprint density at radius 1 is 0.913 bits per heavy atom. The minimum atomic E-state index is -1.29. The van der Waals surface area contributed by atoms with Crippen molar-refractivity contribution in [3.8, 4) is 5.75 Å². The van der Waals surface area contributed by atoms with Crippen LogP contribution in [0.1, 0.15) is 99.7 Å². The molecule has 0 saturated heterocycles. The largest absolute Gasteiger partial charge is 0.476 e. The summed E-state index contributed by atoms with van der Waals surface area (Å²) in [6.07, 6.45) is 0.415. The van der Waals surface area contributed by atoms with Gasteiger partial charge >= 0.3 is 5.97 Å². The van der Waals surface area contributed by atoms with Crippen molar-refractivity contribution in [2.24, 2.45) is 5.92 Å². The summed E-state index contributed by atoms with van der Waals surface area (Å²) in [6, 6.07) is 14.6. The molecule has 46 heavy (non-hydrogen) atoms. The summed E-state index contributed by atoms with van der Waals surface area (Å²) in [5, 5.41) is 4.01. The Morgan fingerprint density at radius 3 is 2.22 bits per heavy atom. The zero-order valence-corrected chi connectivity index (χ0v) is 28.6. The van der Waals surface area contributed by atoms with Crippen molar-refractivity contribution in [2.45, 2.75) is 92.3 Å². The molecule has 1 atom stereocenters. The molecule has 8 heteroatoms. The van der Waals surface area contributed by atoms with Gasteiger partial charge in [-0.15, -0.1) is 0 Å². The van der Waals surface area contributed by atoms with Crippen molar-refractivity contribution in [2.75, 3.05) is 7.11 Å². The van der Waals surface area contributed by atoms with Gasteiger partial charge < -0.3 is 19.4 Å². The number of nitrogens with one attached hydrogen (secondary N) is 1. The predicted octanol–water partition coefficient (Wildman–Crippen LogP) is 8.59. The number of hydrogen-bond acceptors (Lipinski definition) is 4. The Balaban J connectivity index is 1.68. The standard InChI is InChI=1S/C38H46F2N2O4/c1-22(2)21-42-24(4)33(15-25-13-29(39)20-31(14-25)46-38(8,9)36(44)45-10)32-12-11-26(18-34(32)42)35(43)41-23(3)27-16-28(37(5,6)7)19-30(40)17-27/h11-14,16-20,22-23H,15,21H2,1-10H3,(H,41,43)/t23-/m0/s1. The van der Waals surface area contributed by atoms with Crippen LogP contribution in [0.25, 0.3) is 10.9 Å². The number of hydrogen-bond donors (Lipinski definition) is 1. The minimum Gasteiger partial charge on any atom is -0.476 e. The summed E-state index contributed by atoms with van der Waals surface area (Å²) in [4.78, 5) is 25.7. The number of methoxy groups -OCH3 is 1. The molecule has 0 unspecified atom stereocenters. The number of nitrogens with zero attached hydrogens (tertiary/aromatic N) is 1. The Kier molecular flexibility index (Phi) is 10.00. The van der Waals surface area contributed by atoms with E-state index in [1.165, 1.54) is 31.4 Å². The van der Waals surface area contributed by atoms with E-state index in [4.69, 9.17) is 9.47 Å². The minimum absolute atomic E-state index is 0.231. The van der Waals surface area contributed by atoms with Gasteiger partial charge in [-0.25, -0.2) is 13.6 Å². The summed E-state index contributed by atoms with van der Waals surface area (Å²) >= 11 is 0. The van der Waals surface area contributed by atoms with Crippen LogP contribution in [-0.4, -0.2) is 29.2 Å². The van der Waals surface area contributed by atoms with Gasteiger partial charge in [-0.2, -0.15) is 0 Å². The van der Waals surface area contributed by atoms with Crippen molar-refractivity contribution in [3.63, 3.8) is 0 Å². The second-order valence-corrected chi connectivity index (χ2v) is 14.1. The van der Waals surface area contributed by atoms with Crippen molar-refractivity contribution in [1.29, 1.82) is 0 Å². The Bertz CT molecular complexity index is 1760. The number of carbonyl (C=O) groups is 2.